The fourth-order valence-electron chi connectivity index (χ4n) is 2.44. The molecular weight excluding hydrogens is 352 g/mol. The van der Waals surface area contributed by atoms with Crippen molar-refractivity contribution in [1.29, 1.82) is 0 Å². The van der Waals surface area contributed by atoms with Crippen molar-refractivity contribution in [2.75, 3.05) is 13.2 Å². The number of carbonyl (C=O) groups excluding carboxylic acids is 1. The number of hydrogen-bond acceptors (Lipinski definition) is 4. The summed E-state index contributed by atoms with van der Waals surface area (Å²) in [5, 5.41) is 11.5. The molecule has 0 unspecified atom stereocenters. The Balaban J connectivity index is 1.57. The number of amides is 1. The van der Waals surface area contributed by atoms with Gasteiger partial charge >= 0.3 is 0 Å². The van der Waals surface area contributed by atoms with E-state index in [1.165, 1.54) is 0 Å². The number of aromatic nitrogens is 3. The first-order chi connectivity index (χ1) is 12.5. The molecule has 3 rings (SSSR count). The molecule has 1 amide bonds. The van der Waals surface area contributed by atoms with E-state index in [9.17, 15) is 4.79 Å². The minimum atomic E-state index is -0.282. The SMILES string of the molecule is Cc1ccc(-n2nnc(C(=O)NCCOc3cccc(Cl)c3)c2C)cc1. The van der Waals surface area contributed by atoms with Gasteiger partial charge in [0.2, 0.25) is 0 Å². The zero-order chi connectivity index (χ0) is 18.5. The van der Waals surface area contributed by atoms with E-state index in [4.69, 9.17) is 16.3 Å². The first-order valence-corrected chi connectivity index (χ1v) is 8.58. The summed E-state index contributed by atoms with van der Waals surface area (Å²) in [5.74, 6) is 0.379. The highest BCUT2D eigenvalue weighted by atomic mass is 35.5. The Hall–Kier alpha value is -2.86. The highest BCUT2D eigenvalue weighted by Crippen LogP contribution is 2.17. The van der Waals surface area contributed by atoms with Crippen LogP contribution in [0.5, 0.6) is 5.75 Å². The molecule has 0 aliphatic heterocycles. The quantitative estimate of drug-likeness (QED) is 0.675. The van der Waals surface area contributed by atoms with Gasteiger partial charge in [-0.3, -0.25) is 4.79 Å². The normalized spacial score (nSPS) is 10.6. The molecule has 0 aliphatic rings. The fraction of sp³-hybridized carbons (Fsp3) is 0.211. The minimum Gasteiger partial charge on any atom is -0.492 e. The van der Waals surface area contributed by atoms with Gasteiger partial charge in [0.15, 0.2) is 5.69 Å². The smallest absolute Gasteiger partial charge is 0.273 e. The number of rotatable bonds is 6. The van der Waals surface area contributed by atoms with Crippen LogP contribution in [0.25, 0.3) is 5.69 Å². The van der Waals surface area contributed by atoms with Crippen LogP contribution in [0.15, 0.2) is 48.5 Å². The van der Waals surface area contributed by atoms with Crippen LogP contribution in [0, 0.1) is 13.8 Å². The number of aryl methyl sites for hydroxylation is 1. The molecule has 6 nitrogen and oxygen atoms in total. The van der Waals surface area contributed by atoms with E-state index in [1.807, 2.05) is 50.2 Å². The first kappa shape index (κ1) is 17.9. The van der Waals surface area contributed by atoms with E-state index in [-0.39, 0.29) is 5.91 Å². The van der Waals surface area contributed by atoms with E-state index >= 15 is 0 Å². The average molecular weight is 371 g/mol. The molecule has 0 saturated carbocycles. The van der Waals surface area contributed by atoms with E-state index in [2.05, 4.69) is 15.6 Å². The zero-order valence-corrected chi connectivity index (χ0v) is 15.3. The second-order valence-electron chi connectivity index (χ2n) is 5.83. The van der Waals surface area contributed by atoms with Crippen molar-refractivity contribution in [2.24, 2.45) is 0 Å². The van der Waals surface area contributed by atoms with E-state index in [1.54, 1.807) is 16.8 Å². The highest BCUT2D eigenvalue weighted by Gasteiger charge is 2.16. The lowest BCUT2D eigenvalue weighted by atomic mass is 10.2. The van der Waals surface area contributed by atoms with Gasteiger partial charge in [0.25, 0.3) is 5.91 Å². The lowest BCUT2D eigenvalue weighted by Crippen LogP contribution is -2.29. The van der Waals surface area contributed by atoms with E-state index in [0.717, 1.165) is 11.3 Å². The van der Waals surface area contributed by atoms with Gasteiger partial charge in [-0.2, -0.15) is 0 Å². The Morgan fingerprint density at radius 3 is 2.69 bits per heavy atom. The first-order valence-electron chi connectivity index (χ1n) is 8.20. The van der Waals surface area contributed by atoms with Crippen LogP contribution < -0.4 is 10.1 Å². The summed E-state index contributed by atoms with van der Waals surface area (Å²) in [6, 6.07) is 15.0. The third-order valence-electron chi connectivity index (χ3n) is 3.84. The largest absolute Gasteiger partial charge is 0.492 e. The van der Waals surface area contributed by atoms with Gasteiger partial charge in [0.1, 0.15) is 12.4 Å². The molecule has 1 N–H and O–H groups in total. The van der Waals surface area contributed by atoms with Gasteiger partial charge in [-0.1, -0.05) is 40.6 Å². The zero-order valence-electron chi connectivity index (χ0n) is 14.6. The van der Waals surface area contributed by atoms with Crippen LogP contribution in [-0.2, 0) is 0 Å². The van der Waals surface area contributed by atoms with Gasteiger partial charge in [-0.15, -0.1) is 5.10 Å². The maximum absolute atomic E-state index is 12.3. The maximum Gasteiger partial charge on any atom is 0.273 e. The van der Waals surface area contributed by atoms with Gasteiger partial charge in [0, 0.05) is 5.02 Å². The van der Waals surface area contributed by atoms with Gasteiger partial charge in [-0.05, 0) is 44.2 Å². The topological polar surface area (TPSA) is 69.0 Å². The average Bonchev–Trinajstić information content (AvgIpc) is 3.01. The summed E-state index contributed by atoms with van der Waals surface area (Å²) in [5.41, 5.74) is 3.00. The summed E-state index contributed by atoms with van der Waals surface area (Å²) in [7, 11) is 0. The van der Waals surface area contributed by atoms with Gasteiger partial charge < -0.3 is 10.1 Å². The molecule has 7 heteroatoms. The highest BCUT2D eigenvalue weighted by molar-refractivity contribution is 6.30. The lowest BCUT2D eigenvalue weighted by Gasteiger charge is -2.07. The van der Waals surface area contributed by atoms with Crippen molar-refractivity contribution in [3.05, 3.63) is 70.5 Å². The summed E-state index contributed by atoms with van der Waals surface area (Å²) in [6.45, 7) is 4.51. The van der Waals surface area contributed by atoms with Crippen LogP contribution in [0.2, 0.25) is 5.02 Å². The molecule has 0 bridgehead atoms. The Labute approximate surface area is 156 Å². The Morgan fingerprint density at radius 1 is 1.19 bits per heavy atom. The number of halogens is 1. The molecular formula is C19H19ClN4O2. The molecule has 1 aromatic heterocycles. The van der Waals surface area contributed by atoms with Crippen LogP contribution >= 0.6 is 11.6 Å². The second kappa shape index (κ2) is 8.01. The molecule has 0 saturated heterocycles. The molecule has 3 aromatic rings. The number of hydrogen-bond donors (Lipinski definition) is 1. The standard InChI is InChI=1S/C19H19ClN4O2/c1-13-6-8-16(9-7-13)24-14(2)18(22-23-24)19(25)21-10-11-26-17-5-3-4-15(20)12-17/h3-9,12H,10-11H2,1-2H3,(H,21,25). The predicted octanol–water partition coefficient (Wildman–Crippen LogP) is 3.35. The predicted molar refractivity (Wildman–Crippen MR) is 100 cm³/mol. The molecule has 134 valence electrons. The summed E-state index contributed by atoms with van der Waals surface area (Å²) >= 11 is 5.90. The van der Waals surface area contributed by atoms with Crippen molar-refractivity contribution >= 4 is 17.5 Å². The van der Waals surface area contributed by atoms with Crippen molar-refractivity contribution in [3.63, 3.8) is 0 Å². The Kier molecular flexibility index (Phi) is 5.53. The molecule has 0 atom stereocenters. The summed E-state index contributed by atoms with van der Waals surface area (Å²) in [6.07, 6.45) is 0. The number of ether oxygens (including phenoxy) is 1. The molecule has 1 heterocycles. The van der Waals surface area contributed by atoms with Crippen LogP contribution in [-0.4, -0.2) is 34.1 Å². The number of carbonyl (C=O) groups is 1. The van der Waals surface area contributed by atoms with Crippen LogP contribution in [0.3, 0.4) is 0 Å². The Bertz CT molecular complexity index is 906. The van der Waals surface area contributed by atoms with Gasteiger partial charge in [0.05, 0.1) is 17.9 Å². The number of benzene rings is 2. The molecule has 0 aliphatic carbocycles. The monoisotopic (exact) mass is 370 g/mol. The van der Waals surface area contributed by atoms with E-state index in [0.29, 0.717) is 35.3 Å². The van der Waals surface area contributed by atoms with Crippen molar-refractivity contribution in [2.45, 2.75) is 13.8 Å². The third kappa shape index (κ3) is 4.21. The number of nitrogens with one attached hydrogen (secondary N) is 1. The molecule has 2 aromatic carbocycles. The van der Waals surface area contributed by atoms with Crippen molar-refractivity contribution in [1.82, 2.24) is 20.3 Å². The van der Waals surface area contributed by atoms with E-state index < -0.39 is 0 Å². The summed E-state index contributed by atoms with van der Waals surface area (Å²) < 4.78 is 7.20. The van der Waals surface area contributed by atoms with Gasteiger partial charge in [-0.25, -0.2) is 4.68 Å². The second-order valence-corrected chi connectivity index (χ2v) is 6.27. The molecule has 0 spiro atoms. The van der Waals surface area contributed by atoms with Crippen molar-refractivity contribution in [3.8, 4) is 11.4 Å². The third-order valence-corrected chi connectivity index (χ3v) is 4.08. The van der Waals surface area contributed by atoms with Crippen molar-refractivity contribution < 1.29 is 9.53 Å². The molecule has 26 heavy (non-hydrogen) atoms. The number of nitrogens with zero attached hydrogens (tertiary/aromatic N) is 3. The van der Waals surface area contributed by atoms with Crippen LogP contribution in [0.4, 0.5) is 0 Å². The minimum absolute atomic E-state index is 0.282. The Morgan fingerprint density at radius 2 is 1.96 bits per heavy atom. The maximum atomic E-state index is 12.3. The molecule has 0 radical (unpaired) electrons. The lowest BCUT2D eigenvalue weighted by molar-refractivity contribution is 0.0941. The molecule has 0 fully saturated rings. The summed E-state index contributed by atoms with van der Waals surface area (Å²) in [4.78, 5) is 12.3. The fourth-order valence-corrected chi connectivity index (χ4v) is 2.62. The van der Waals surface area contributed by atoms with Crippen LogP contribution in [0.1, 0.15) is 21.7 Å².